The van der Waals surface area contributed by atoms with E-state index in [1.54, 1.807) is 31.5 Å². The van der Waals surface area contributed by atoms with Crippen molar-refractivity contribution in [2.75, 3.05) is 12.4 Å². The second kappa shape index (κ2) is 8.49. The minimum atomic E-state index is -0.104. The van der Waals surface area contributed by atoms with Crippen molar-refractivity contribution in [3.63, 3.8) is 0 Å². The van der Waals surface area contributed by atoms with Crippen LogP contribution in [0.5, 0.6) is 17.4 Å². The van der Waals surface area contributed by atoms with E-state index in [2.05, 4.69) is 26.2 Å². The maximum atomic E-state index is 12.1. The first-order chi connectivity index (χ1) is 12.6. The van der Waals surface area contributed by atoms with Crippen LogP contribution < -0.4 is 14.8 Å². The lowest BCUT2D eigenvalue weighted by atomic mass is 10.1. The summed E-state index contributed by atoms with van der Waals surface area (Å²) in [6, 6.07) is 18.4. The van der Waals surface area contributed by atoms with Gasteiger partial charge in [-0.15, -0.1) is 0 Å². The number of nitrogens with zero attached hydrogens (tertiary/aromatic N) is 1. The molecule has 0 aliphatic rings. The predicted octanol–water partition coefficient (Wildman–Crippen LogP) is 4.83. The Morgan fingerprint density at radius 3 is 2.42 bits per heavy atom. The van der Waals surface area contributed by atoms with Crippen LogP contribution in [0.2, 0.25) is 0 Å². The van der Waals surface area contributed by atoms with Crippen LogP contribution in [-0.4, -0.2) is 18.0 Å². The molecule has 1 amide bonds. The molecule has 1 N–H and O–H groups in total. The van der Waals surface area contributed by atoms with Crippen molar-refractivity contribution in [3.05, 3.63) is 76.9 Å². The van der Waals surface area contributed by atoms with E-state index in [0.29, 0.717) is 29.5 Å². The Kier molecular flexibility index (Phi) is 5.86. The van der Waals surface area contributed by atoms with Gasteiger partial charge in [0.1, 0.15) is 0 Å². The van der Waals surface area contributed by atoms with Crippen molar-refractivity contribution in [3.8, 4) is 17.4 Å². The summed E-state index contributed by atoms with van der Waals surface area (Å²) >= 11 is 3.38. The number of hydrogen-bond acceptors (Lipinski definition) is 4. The van der Waals surface area contributed by atoms with Crippen molar-refractivity contribution < 1.29 is 14.3 Å². The Morgan fingerprint density at radius 2 is 1.77 bits per heavy atom. The summed E-state index contributed by atoms with van der Waals surface area (Å²) in [4.78, 5) is 16.4. The average Bonchev–Trinajstić information content (AvgIpc) is 2.65. The zero-order valence-electron chi connectivity index (χ0n) is 14.1. The number of amides is 1. The molecule has 0 atom stereocenters. The highest BCUT2D eigenvalue weighted by atomic mass is 79.9. The van der Waals surface area contributed by atoms with Gasteiger partial charge in [0.05, 0.1) is 25.4 Å². The molecule has 1 heterocycles. The third-order valence-corrected chi connectivity index (χ3v) is 4.11. The van der Waals surface area contributed by atoms with E-state index >= 15 is 0 Å². The van der Waals surface area contributed by atoms with Crippen LogP contribution >= 0.6 is 15.9 Å². The lowest BCUT2D eigenvalue weighted by Crippen LogP contribution is -2.14. The van der Waals surface area contributed by atoms with Crippen molar-refractivity contribution in [1.29, 1.82) is 0 Å². The van der Waals surface area contributed by atoms with Crippen molar-refractivity contribution in [2.45, 2.75) is 6.42 Å². The summed E-state index contributed by atoms with van der Waals surface area (Å²) in [5.74, 6) is 1.52. The smallest absolute Gasteiger partial charge is 0.228 e. The molecular formula is C20H17BrN2O3. The van der Waals surface area contributed by atoms with Gasteiger partial charge in [-0.3, -0.25) is 4.79 Å². The van der Waals surface area contributed by atoms with Gasteiger partial charge in [-0.25, -0.2) is 4.98 Å². The van der Waals surface area contributed by atoms with E-state index in [-0.39, 0.29) is 5.91 Å². The molecular weight excluding hydrogens is 396 g/mol. The Hall–Kier alpha value is -2.86. The van der Waals surface area contributed by atoms with E-state index in [1.807, 2.05) is 42.5 Å². The molecule has 2 aromatic carbocycles. The molecule has 0 radical (unpaired) electrons. The van der Waals surface area contributed by atoms with Crippen LogP contribution in [0.4, 0.5) is 5.69 Å². The van der Waals surface area contributed by atoms with Gasteiger partial charge < -0.3 is 14.8 Å². The monoisotopic (exact) mass is 412 g/mol. The van der Waals surface area contributed by atoms with Gasteiger partial charge in [-0.1, -0.05) is 40.2 Å². The Morgan fingerprint density at radius 1 is 1.04 bits per heavy atom. The van der Waals surface area contributed by atoms with Gasteiger partial charge in [0.25, 0.3) is 0 Å². The van der Waals surface area contributed by atoms with E-state index in [4.69, 9.17) is 9.47 Å². The molecule has 0 aliphatic carbocycles. The van der Waals surface area contributed by atoms with E-state index in [9.17, 15) is 4.79 Å². The molecule has 0 unspecified atom stereocenters. The van der Waals surface area contributed by atoms with Crippen LogP contribution in [0.1, 0.15) is 5.56 Å². The number of rotatable bonds is 6. The zero-order chi connectivity index (χ0) is 18.4. The summed E-state index contributed by atoms with van der Waals surface area (Å²) in [6.45, 7) is 0. The molecule has 132 valence electrons. The number of hydrogen-bond donors (Lipinski definition) is 1. The molecule has 0 saturated carbocycles. The van der Waals surface area contributed by atoms with E-state index < -0.39 is 0 Å². The number of methoxy groups -OCH3 is 1. The van der Waals surface area contributed by atoms with Gasteiger partial charge in [-0.2, -0.15) is 0 Å². The highest BCUT2D eigenvalue weighted by Gasteiger charge is 2.07. The molecule has 5 nitrogen and oxygen atoms in total. The number of carbonyl (C=O) groups is 1. The minimum absolute atomic E-state index is 0.104. The molecule has 6 heteroatoms. The summed E-state index contributed by atoms with van der Waals surface area (Å²) in [5.41, 5.74) is 1.55. The summed E-state index contributed by atoms with van der Waals surface area (Å²) < 4.78 is 11.9. The fraction of sp³-hybridized carbons (Fsp3) is 0.100. The lowest BCUT2D eigenvalue weighted by Gasteiger charge is -2.10. The molecule has 26 heavy (non-hydrogen) atoms. The lowest BCUT2D eigenvalue weighted by molar-refractivity contribution is -0.115. The van der Waals surface area contributed by atoms with Crippen molar-refractivity contribution in [2.24, 2.45) is 0 Å². The highest BCUT2D eigenvalue weighted by Crippen LogP contribution is 2.30. The number of para-hydroxylation sites is 2. The molecule has 0 spiro atoms. The molecule has 1 aromatic heterocycles. The number of pyridine rings is 1. The average molecular weight is 413 g/mol. The second-order valence-electron chi connectivity index (χ2n) is 5.49. The molecule has 3 aromatic rings. The maximum absolute atomic E-state index is 12.1. The minimum Gasteiger partial charge on any atom is -0.493 e. The number of nitrogens with one attached hydrogen (secondary N) is 1. The fourth-order valence-corrected chi connectivity index (χ4v) is 2.59. The standard InChI is InChI=1S/C20H17BrN2O3/c1-25-17-4-2-3-5-18(17)26-20-11-10-16(13-22-20)23-19(24)12-14-6-8-15(21)9-7-14/h2-11,13H,12H2,1H3,(H,23,24). The van der Waals surface area contributed by atoms with Crippen LogP contribution in [-0.2, 0) is 11.2 Å². The number of anilines is 1. The first-order valence-electron chi connectivity index (χ1n) is 7.95. The van der Waals surface area contributed by atoms with Crippen LogP contribution in [0, 0.1) is 0 Å². The quantitative estimate of drug-likeness (QED) is 0.629. The molecule has 0 bridgehead atoms. The third-order valence-electron chi connectivity index (χ3n) is 3.58. The summed E-state index contributed by atoms with van der Waals surface area (Å²) in [6.07, 6.45) is 1.86. The van der Waals surface area contributed by atoms with E-state index in [1.165, 1.54) is 0 Å². The number of carbonyl (C=O) groups excluding carboxylic acids is 1. The largest absolute Gasteiger partial charge is 0.493 e. The first-order valence-corrected chi connectivity index (χ1v) is 8.74. The Labute approximate surface area is 160 Å². The van der Waals surface area contributed by atoms with Crippen LogP contribution in [0.3, 0.4) is 0 Å². The Balaban J connectivity index is 1.60. The topological polar surface area (TPSA) is 60.5 Å². The molecule has 0 fully saturated rings. The van der Waals surface area contributed by atoms with Crippen LogP contribution in [0.15, 0.2) is 71.3 Å². The molecule has 0 aliphatic heterocycles. The number of benzene rings is 2. The number of aromatic nitrogens is 1. The van der Waals surface area contributed by atoms with Gasteiger partial charge in [0.15, 0.2) is 11.5 Å². The summed E-state index contributed by atoms with van der Waals surface area (Å²) in [7, 11) is 1.58. The molecule has 3 rings (SSSR count). The Bertz CT molecular complexity index is 880. The third kappa shape index (κ3) is 4.83. The zero-order valence-corrected chi connectivity index (χ0v) is 15.7. The van der Waals surface area contributed by atoms with Gasteiger partial charge in [0.2, 0.25) is 11.8 Å². The van der Waals surface area contributed by atoms with E-state index in [0.717, 1.165) is 10.0 Å². The fourth-order valence-electron chi connectivity index (χ4n) is 2.32. The summed E-state index contributed by atoms with van der Waals surface area (Å²) in [5, 5.41) is 2.83. The second-order valence-corrected chi connectivity index (χ2v) is 6.41. The van der Waals surface area contributed by atoms with Gasteiger partial charge >= 0.3 is 0 Å². The van der Waals surface area contributed by atoms with Gasteiger partial charge in [0, 0.05) is 10.5 Å². The van der Waals surface area contributed by atoms with Crippen molar-refractivity contribution in [1.82, 2.24) is 4.98 Å². The van der Waals surface area contributed by atoms with Crippen LogP contribution in [0.25, 0.3) is 0 Å². The van der Waals surface area contributed by atoms with Crippen molar-refractivity contribution >= 4 is 27.5 Å². The van der Waals surface area contributed by atoms with Gasteiger partial charge in [-0.05, 0) is 35.9 Å². The normalized spacial score (nSPS) is 10.2. The SMILES string of the molecule is COc1ccccc1Oc1ccc(NC(=O)Cc2ccc(Br)cc2)cn1. The first kappa shape index (κ1) is 17.9. The highest BCUT2D eigenvalue weighted by molar-refractivity contribution is 9.10. The number of ether oxygens (including phenoxy) is 2. The predicted molar refractivity (Wildman–Crippen MR) is 104 cm³/mol. The molecule has 0 saturated heterocycles. The number of halogens is 1. The maximum Gasteiger partial charge on any atom is 0.228 e.